The molecule has 0 bridgehead atoms. The van der Waals surface area contributed by atoms with Crippen LogP contribution in [-0.4, -0.2) is 16.6 Å². The Bertz CT molecular complexity index is 600. The first-order valence-corrected chi connectivity index (χ1v) is 5.74. The molecular formula is C14H16N2O2. The van der Waals surface area contributed by atoms with E-state index in [1.54, 1.807) is 18.3 Å². The van der Waals surface area contributed by atoms with Crippen molar-refractivity contribution in [1.29, 1.82) is 0 Å². The van der Waals surface area contributed by atoms with E-state index >= 15 is 0 Å². The maximum absolute atomic E-state index is 11.9. The number of pyridine rings is 1. The van der Waals surface area contributed by atoms with Gasteiger partial charge >= 0.3 is 5.97 Å². The van der Waals surface area contributed by atoms with Gasteiger partial charge in [0.05, 0.1) is 0 Å². The van der Waals surface area contributed by atoms with Crippen LogP contribution in [0.1, 0.15) is 31.3 Å². The van der Waals surface area contributed by atoms with Crippen LogP contribution in [0.4, 0.5) is 5.69 Å². The minimum atomic E-state index is -0.524. The van der Waals surface area contributed by atoms with Crippen LogP contribution in [0.5, 0.6) is 0 Å². The van der Waals surface area contributed by atoms with Crippen molar-refractivity contribution < 1.29 is 9.53 Å². The summed E-state index contributed by atoms with van der Waals surface area (Å²) in [6.45, 7) is 5.47. The molecule has 2 N–H and O–H groups in total. The Morgan fingerprint density at radius 1 is 1.22 bits per heavy atom. The lowest BCUT2D eigenvalue weighted by Crippen LogP contribution is -2.24. The van der Waals surface area contributed by atoms with Gasteiger partial charge in [-0.3, -0.25) is 0 Å². The first-order chi connectivity index (χ1) is 8.35. The summed E-state index contributed by atoms with van der Waals surface area (Å²) in [6, 6.07) is 7.18. The van der Waals surface area contributed by atoms with Gasteiger partial charge in [-0.2, -0.15) is 0 Å². The average Bonchev–Trinajstić information content (AvgIpc) is 2.25. The molecule has 0 saturated carbocycles. The molecule has 0 aliphatic carbocycles. The number of hydrogen-bond donors (Lipinski definition) is 1. The summed E-state index contributed by atoms with van der Waals surface area (Å²) in [4.78, 5) is 16.0. The van der Waals surface area contributed by atoms with Gasteiger partial charge in [0.15, 0.2) is 0 Å². The van der Waals surface area contributed by atoms with Gasteiger partial charge in [-0.05, 0) is 44.4 Å². The second-order valence-electron chi connectivity index (χ2n) is 5.18. The number of anilines is 1. The molecule has 0 amide bonds. The molecule has 4 nitrogen and oxygen atoms in total. The molecule has 0 spiro atoms. The molecule has 0 fully saturated rings. The molecule has 1 heterocycles. The van der Waals surface area contributed by atoms with Gasteiger partial charge in [0.1, 0.15) is 11.3 Å². The summed E-state index contributed by atoms with van der Waals surface area (Å²) >= 11 is 0. The summed E-state index contributed by atoms with van der Waals surface area (Å²) in [6.07, 6.45) is 1.65. The fourth-order valence-corrected chi connectivity index (χ4v) is 1.60. The summed E-state index contributed by atoms with van der Waals surface area (Å²) in [5.74, 6) is -0.424. The molecule has 94 valence electrons. The van der Waals surface area contributed by atoms with E-state index in [4.69, 9.17) is 10.5 Å². The third-order valence-electron chi connectivity index (χ3n) is 2.35. The molecule has 1 aromatic carbocycles. The van der Waals surface area contributed by atoms with Gasteiger partial charge in [0.2, 0.25) is 0 Å². The largest absolute Gasteiger partial charge is 0.455 e. The molecule has 2 aromatic rings. The van der Waals surface area contributed by atoms with Crippen molar-refractivity contribution in [3.63, 3.8) is 0 Å². The number of aromatic nitrogens is 1. The quantitative estimate of drug-likeness (QED) is 0.618. The van der Waals surface area contributed by atoms with Crippen molar-refractivity contribution in [2.75, 3.05) is 5.73 Å². The van der Waals surface area contributed by atoms with Gasteiger partial charge in [-0.1, -0.05) is 6.07 Å². The Balaban J connectivity index is 2.37. The van der Waals surface area contributed by atoms with Gasteiger partial charge in [-0.15, -0.1) is 0 Å². The number of fused-ring (bicyclic) bond motifs is 1. The van der Waals surface area contributed by atoms with E-state index in [1.165, 1.54) is 0 Å². The Hall–Kier alpha value is -2.10. The number of nitrogens with zero attached hydrogens (tertiary/aromatic N) is 1. The van der Waals surface area contributed by atoms with Crippen molar-refractivity contribution >= 4 is 22.4 Å². The summed E-state index contributed by atoms with van der Waals surface area (Å²) in [5.41, 5.74) is 6.14. The monoisotopic (exact) mass is 244 g/mol. The highest BCUT2D eigenvalue weighted by atomic mass is 16.6. The smallest absolute Gasteiger partial charge is 0.357 e. The molecule has 0 aliphatic rings. The van der Waals surface area contributed by atoms with E-state index in [-0.39, 0.29) is 0 Å². The lowest BCUT2D eigenvalue weighted by atomic mass is 10.1. The zero-order valence-corrected chi connectivity index (χ0v) is 10.7. The fraction of sp³-hybridized carbons (Fsp3) is 0.286. The maximum Gasteiger partial charge on any atom is 0.357 e. The average molecular weight is 244 g/mol. The molecular weight excluding hydrogens is 228 g/mol. The van der Waals surface area contributed by atoms with E-state index in [9.17, 15) is 4.79 Å². The predicted octanol–water partition coefficient (Wildman–Crippen LogP) is 2.77. The van der Waals surface area contributed by atoms with Gasteiger partial charge in [-0.25, -0.2) is 9.78 Å². The third-order valence-corrected chi connectivity index (χ3v) is 2.35. The van der Waals surface area contributed by atoms with Crippen molar-refractivity contribution in [3.05, 3.63) is 36.2 Å². The zero-order chi connectivity index (χ0) is 13.3. The molecule has 0 unspecified atom stereocenters. The SMILES string of the molecule is CC(C)(C)OC(=O)c1cc2cc(N)ccc2cn1. The summed E-state index contributed by atoms with van der Waals surface area (Å²) < 4.78 is 5.27. The summed E-state index contributed by atoms with van der Waals surface area (Å²) in [5, 5.41) is 1.82. The van der Waals surface area contributed by atoms with Gasteiger partial charge in [0.25, 0.3) is 0 Å². The Kier molecular flexibility index (Phi) is 2.95. The number of ether oxygens (including phenoxy) is 1. The van der Waals surface area contributed by atoms with Crippen LogP contribution >= 0.6 is 0 Å². The minimum Gasteiger partial charge on any atom is -0.455 e. The highest BCUT2D eigenvalue weighted by Gasteiger charge is 2.18. The lowest BCUT2D eigenvalue weighted by Gasteiger charge is -2.19. The highest BCUT2D eigenvalue weighted by molar-refractivity contribution is 5.94. The van der Waals surface area contributed by atoms with Crippen LogP contribution in [0.3, 0.4) is 0 Å². The second kappa shape index (κ2) is 4.29. The number of nitrogen functional groups attached to an aromatic ring is 1. The minimum absolute atomic E-state index is 0.294. The number of hydrogen-bond acceptors (Lipinski definition) is 4. The second-order valence-corrected chi connectivity index (χ2v) is 5.18. The summed E-state index contributed by atoms with van der Waals surface area (Å²) in [7, 11) is 0. The normalized spacial score (nSPS) is 11.5. The topological polar surface area (TPSA) is 65.2 Å². The number of benzene rings is 1. The Morgan fingerprint density at radius 3 is 2.61 bits per heavy atom. The standard InChI is InChI=1S/C14H16N2O2/c1-14(2,3)18-13(17)12-7-10-6-11(15)5-4-9(10)8-16-12/h4-8H,15H2,1-3H3. The number of nitrogens with two attached hydrogens (primary N) is 1. The molecule has 18 heavy (non-hydrogen) atoms. The van der Waals surface area contributed by atoms with Gasteiger partial charge in [0, 0.05) is 17.3 Å². The molecule has 0 aliphatic heterocycles. The van der Waals surface area contributed by atoms with E-state index in [0.717, 1.165) is 10.8 Å². The van der Waals surface area contributed by atoms with Crippen LogP contribution in [0.2, 0.25) is 0 Å². The molecule has 0 radical (unpaired) electrons. The first-order valence-electron chi connectivity index (χ1n) is 5.74. The molecule has 2 rings (SSSR count). The van der Waals surface area contributed by atoms with Crippen LogP contribution in [-0.2, 0) is 4.74 Å². The van der Waals surface area contributed by atoms with E-state index in [2.05, 4.69) is 4.98 Å². The van der Waals surface area contributed by atoms with Crippen molar-refractivity contribution in [2.24, 2.45) is 0 Å². The first kappa shape index (κ1) is 12.4. The zero-order valence-electron chi connectivity index (χ0n) is 10.7. The Morgan fingerprint density at radius 2 is 1.94 bits per heavy atom. The highest BCUT2D eigenvalue weighted by Crippen LogP contribution is 2.19. The van der Waals surface area contributed by atoms with E-state index < -0.39 is 11.6 Å². The maximum atomic E-state index is 11.9. The van der Waals surface area contributed by atoms with Crippen LogP contribution < -0.4 is 5.73 Å². The molecule has 0 saturated heterocycles. The van der Waals surface area contributed by atoms with Crippen molar-refractivity contribution in [1.82, 2.24) is 4.98 Å². The third kappa shape index (κ3) is 2.77. The molecule has 0 atom stereocenters. The fourth-order valence-electron chi connectivity index (χ4n) is 1.60. The number of carbonyl (C=O) groups is 1. The van der Waals surface area contributed by atoms with Crippen LogP contribution in [0.25, 0.3) is 10.8 Å². The molecule has 1 aromatic heterocycles. The van der Waals surface area contributed by atoms with Crippen molar-refractivity contribution in [3.8, 4) is 0 Å². The van der Waals surface area contributed by atoms with E-state index in [1.807, 2.05) is 32.9 Å². The van der Waals surface area contributed by atoms with E-state index in [0.29, 0.717) is 11.4 Å². The number of carbonyl (C=O) groups excluding carboxylic acids is 1. The predicted molar refractivity (Wildman–Crippen MR) is 71.3 cm³/mol. The number of esters is 1. The van der Waals surface area contributed by atoms with Crippen LogP contribution in [0, 0.1) is 0 Å². The molecule has 4 heteroatoms. The Labute approximate surface area is 106 Å². The lowest BCUT2D eigenvalue weighted by molar-refractivity contribution is 0.00631. The van der Waals surface area contributed by atoms with Crippen molar-refractivity contribution in [2.45, 2.75) is 26.4 Å². The van der Waals surface area contributed by atoms with Gasteiger partial charge < -0.3 is 10.5 Å². The van der Waals surface area contributed by atoms with Crippen LogP contribution in [0.15, 0.2) is 30.5 Å². The number of rotatable bonds is 1.